The van der Waals surface area contributed by atoms with Gasteiger partial charge in [-0.3, -0.25) is 9.78 Å². The molecule has 132 valence electrons. The van der Waals surface area contributed by atoms with Crippen LogP contribution in [0.5, 0.6) is 0 Å². The van der Waals surface area contributed by atoms with Gasteiger partial charge in [0.25, 0.3) is 5.91 Å². The highest BCUT2D eigenvalue weighted by Crippen LogP contribution is 2.31. The number of likely N-dealkylation sites (tertiary alicyclic amines) is 1. The molecule has 0 N–H and O–H groups in total. The Morgan fingerprint density at radius 3 is 2.65 bits per heavy atom. The number of aromatic nitrogens is 3. The maximum atomic E-state index is 13.1. The Bertz CT molecular complexity index is 847. The van der Waals surface area contributed by atoms with Crippen molar-refractivity contribution in [1.82, 2.24) is 19.9 Å². The van der Waals surface area contributed by atoms with Crippen LogP contribution in [-0.4, -0.2) is 32.3 Å². The second-order valence-electron chi connectivity index (χ2n) is 6.39. The highest BCUT2D eigenvalue weighted by Gasteiger charge is 2.29. The second-order valence-corrected chi connectivity index (χ2v) is 6.39. The monoisotopic (exact) mass is 348 g/mol. The lowest BCUT2D eigenvalue weighted by Gasteiger charge is -2.28. The fourth-order valence-electron chi connectivity index (χ4n) is 3.36. The van der Waals surface area contributed by atoms with Gasteiger partial charge in [-0.05, 0) is 37.1 Å². The molecule has 26 heavy (non-hydrogen) atoms. The molecule has 1 aliphatic heterocycles. The fourth-order valence-corrected chi connectivity index (χ4v) is 3.36. The van der Waals surface area contributed by atoms with Gasteiger partial charge in [-0.15, -0.1) is 0 Å². The summed E-state index contributed by atoms with van der Waals surface area (Å²) in [4.78, 5) is 27.9. The summed E-state index contributed by atoms with van der Waals surface area (Å²) in [5.41, 5.74) is 1.18. The Hall–Kier alpha value is -3.02. The van der Waals surface area contributed by atoms with Gasteiger partial charge in [-0.1, -0.05) is 18.9 Å². The summed E-state index contributed by atoms with van der Waals surface area (Å²) in [6.45, 7) is 0.714. The zero-order valence-electron chi connectivity index (χ0n) is 14.4. The lowest BCUT2D eigenvalue weighted by molar-refractivity contribution is 0.0657. The molecular weight excluding hydrogens is 328 g/mol. The molecule has 3 aromatic rings. The second kappa shape index (κ2) is 7.47. The minimum atomic E-state index is -0.0547. The number of hydrogen-bond donors (Lipinski definition) is 0. The molecule has 1 fully saturated rings. The van der Waals surface area contributed by atoms with E-state index in [1.54, 1.807) is 24.9 Å². The normalized spacial score (nSPS) is 17.7. The third-order valence-corrected chi connectivity index (χ3v) is 4.68. The molecule has 0 radical (unpaired) electrons. The van der Waals surface area contributed by atoms with E-state index < -0.39 is 0 Å². The molecule has 0 bridgehead atoms. The van der Waals surface area contributed by atoms with Crippen molar-refractivity contribution in [1.29, 1.82) is 0 Å². The molecule has 0 aromatic carbocycles. The van der Waals surface area contributed by atoms with Crippen molar-refractivity contribution >= 4 is 5.91 Å². The fraction of sp³-hybridized carbons (Fsp3) is 0.300. The van der Waals surface area contributed by atoms with Crippen LogP contribution in [0.3, 0.4) is 0 Å². The van der Waals surface area contributed by atoms with Gasteiger partial charge in [0.2, 0.25) is 0 Å². The minimum absolute atomic E-state index is 0.0320. The van der Waals surface area contributed by atoms with Crippen molar-refractivity contribution in [3.05, 3.63) is 66.5 Å². The van der Waals surface area contributed by atoms with Gasteiger partial charge in [0.15, 0.2) is 5.82 Å². The molecule has 1 saturated heterocycles. The number of furan rings is 1. The van der Waals surface area contributed by atoms with Crippen LogP contribution in [0.1, 0.15) is 47.8 Å². The Morgan fingerprint density at radius 1 is 1.04 bits per heavy atom. The highest BCUT2D eigenvalue weighted by atomic mass is 16.3. The quantitative estimate of drug-likeness (QED) is 0.718. The summed E-state index contributed by atoms with van der Waals surface area (Å²) < 4.78 is 5.59. The van der Waals surface area contributed by atoms with Crippen LogP contribution in [0, 0.1) is 0 Å². The van der Waals surface area contributed by atoms with Gasteiger partial charge in [-0.2, -0.15) is 0 Å². The maximum Gasteiger partial charge on any atom is 0.257 e. The van der Waals surface area contributed by atoms with E-state index >= 15 is 0 Å². The van der Waals surface area contributed by atoms with E-state index in [1.165, 1.54) is 0 Å². The predicted molar refractivity (Wildman–Crippen MR) is 96.2 cm³/mol. The number of rotatable bonds is 3. The molecule has 1 unspecified atom stereocenters. The van der Waals surface area contributed by atoms with Gasteiger partial charge in [0.1, 0.15) is 11.5 Å². The minimum Gasteiger partial charge on any atom is -0.467 e. The van der Waals surface area contributed by atoms with Crippen molar-refractivity contribution in [3.8, 4) is 11.5 Å². The van der Waals surface area contributed by atoms with Gasteiger partial charge in [0.05, 0.1) is 17.9 Å². The van der Waals surface area contributed by atoms with Crippen LogP contribution >= 0.6 is 0 Å². The van der Waals surface area contributed by atoms with Crippen LogP contribution < -0.4 is 0 Å². The largest absolute Gasteiger partial charge is 0.467 e. The Labute approximate surface area is 151 Å². The van der Waals surface area contributed by atoms with Crippen molar-refractivity contribution in [2.75, 3.05) is 6.54 Å². The molecule has 4 rings (SSSR count). The van der Waals surface area contributed by atoms with Crippen molar-refractivity contribution in [3.63, 3.8) is 0 Å². The molecule has 6 nitrogen and oxygen atoms in total. The first kappa shape index (κ1) is 16.4. The van der Waals surface area contributed by atoms with Gasteiger partial charge in [-0.25, -0.2) is 9.97 Å². The first-order chi connectivity index (χ1) is 12.8. The average Bonchev–Trinajstić information content (AvgIpc) is 3.13. The number of amides is 1. The van der Waals surface area contributed by atoms with Gasteiger partial charge in [0, 0.05) is 25.1 Å². The molecule has 0 saturated carbocycles. The number of carbonyl (C=O) groups excluding carboxylic acids is 1. The number of nitrogens with zero attached hydrogens (tertiary/aromatic N) is 4. The van der Waals surface area contributed by atoms with Gasteiger partial charge >= 0.3 is 0 Å². The molecule has 0 spiro atoms. The number of pyridine rings is 1. The van der Waals surface area contributed by atoms with Crippen LogP contribution in [0.2, 0.25) is 0 Å². The summed E-state index contributed by atoms with van der Waals surface area (Å²) in [7, 11) is 0. The van der Waals surface area contributed by atoms with Crippen LogP contribution in [0.15, 0.2) is 59.6 Å². The topological polar surface area (TPSA) is 72.1 Å². The summed E-state index contributed by atoms with van der Waals surface area (Å²) in [5, 5.41) is 0. The maximum absolute atomic E-state index is 13.1. The first-order valence-electron chi connectivity index (χ1n) is 8.91. The van der Waals surface area contributed by atoms with Crippen LogP contribution in [-0.2, 0) is 0 Å². The third-order valence-electron chi connectivity index (χ3n) is 4.68. The highest BCUT2D eigenvalue weighted by molar-refractivity contribution is 5.94. The number of carbonyl (C=O) groups is 1. The first-order valence-corrected chi connectivity index (χ1v) is 8.91. The Kier molecular flexibility index (Phi) is 4.73. The molecule has 3 aromatic heterocycles. The van der Waals surface area contributed by atoms with Crippen molar-refractivity contribution < 1.29 is 9.21 Å². The Morgan fingerprint density at radius 2 is 1.92 bits per heavy atom. The zero-order chi connectivity index (χ0) is 17.8. The molecule has 4 heterocycles. The number of hydrogen-bond acceptors (Lipinski definition) is 5. The Balaban J connectivity index is 1.59. The summed E-state index contributed by atoms with van der Waals surface area (Å²) >= 11 is 0. The van der Waals surface area contributed by atoms with Crippen LogP contribution in [0.25, 0.3) is 11.5 Å². The van der Waals surface area contributed by atoms with E-state index in [1.807, 2.05) is 35.2 Å². The van der Waals surface area contributed by atoms with E-state index in [0.29, 0.717) is 23.6 Å². The molecule has 1 atom stereocenters. The smallest absolute Gasteiger partial charge is 0.257 e. The molecule has 1 aliphatic rings. The molecule has 0 aliphatic carbocycles. The van der Waals surface area contributed by atoms with Crippen LogP contribution in [0.4, 0.5) is 0 Å². The van der Waals surface area contributed by atoms with E-state index in [0.717, 1.165) is 31.4 Å². The third kappa shape index (κ3) is 3.35. The van der Waals surface area contributed by atoms with Crippen molar-refractivity contribution in [2.24, 2.45) is 0 Å². The van der Waals surface area contributed by atoms with E-state index in [4.69, 9.17) is 4.42 Å². The predicted octanol–water partition coefficient (Wildman–Crippen LogP) is 3.89. The summed E-state index contributed by atoms with van der Waals surface area (Å²) in [6, 6.07) is 9.35. The average molecular weight is 348 g/mol. The molecule has 1 amide bonds. The standard InChI is InChI=1S/C20H20N4O2/c25-20(15-13-22-19(23-14-15)16-7-3-4-10-21-16)24-11-5-1-2-8-17(24)18-9-6-12-26-18/h3-4,6-7,9-10,12-14,17H,1-2,5,8,11H2. The van der Waals surface area contributed by atoms with E-state index in [-0.39, 0.29) is 11.9 Å². The molecule has 6 heteroatoms. The SMILES string of the molecule is O=C(c1cnc(-c2ccccn2)nc1)N1CCCCCC1c1ccco1. The lowest BCUT2D eigenvalue weighted by Crippen LogP contribution is -2.34. The van der Waals surface area contributed by atoms with Crippen molar-refractivity contribution in [2.45, 2.75) is 31.7 Å². The summed E-state index contributed by atoms with van der Waals surface area (Å²) in [5.74, 6) is 1.30. The zero-order valence-corrected chi connectivity index (χ0v) is 14.4. The van der Waals surface area contributed by atoms with E-state index in [2.05, 4.69) is 15.0 Å². The molecular formula is C20H20N4O2. The van der Waals surface area contributed by atoms with Gasteiger partial charge < -0.3 is 9.32 Å². The lowest BCUT2D eigenvalue weighted by atomic mass is 10.1. The summed E-state index contributed by atoms with van der Waals surface area (Å²) in [6.07, 6.45) is 10.6. The van der Waals surface area contributed by atoms with E-state index in [9.17, 15) is 4.79 Å².